The molecule has 0 spiro atoms. The van der Waals surface area contributed by atoms with Crippen LogP contribution >= 0.6 is 0 Å². The first-order chi connectivity index (χ1) is 18.4. The van der Waals surface area contributed by atoms with Crippen molar-refractivity contribution in [2.24, 2.45) is 24.8 Å². The third-order valence-corrected chi connectivity index (χ3v) is 8.39. The molecule has 0 N–H and O–H groups in total. The fourth-order valence-electron chi connectivity index (χ4n) is 6.38. The van der Waals surface area contributed by atoms with Gasteiger partial charge in [-0.2, -0.15) is 5.10 Å². The monoisotopic (exact) mass is 503 g/mol. The van der Waals surface area contributed by atoms with Crippen molar-refractivity contribution in [3.05, 3.63) is 90.1 Å². The Balaban J connectivity index is 1.28. The van der Waals surface area contributed by atoms with Gasteiger partial charge in [-0.3, -0.25) is 14.3 Å². The van der Waals surface area contributed by atoms with E-state index in [1.165, 1.54) is 19.3 Å². The Morgan fingerprint density at radius 1 is 1.00 bits per heavy atom. The molecule has 0 radical (unpaired) electrons. The quantitative estimate of drug-likeness (QED) is 0.260. The van der Waals surface area contributed by atoms with Gasteiger partial charge in [0.1, 0.15) is 0 Å². The predicted octanol–water partition coefficient (Wildman–Crippen LogP) is 6.81. The summed E-state index contributed by atoms with van der Waals surface area (Å²) in [6.45, 7) is 2.07. The molecule has 38 heavy (non-hydrogen) atoms. The number of carbonyl (C=O) groups is 2. The van der Waals surface area contributed by atoms with Gasteiger partial charge in [0.25, 0.3) is 0 Å². The second-order valence-electron chi connectivity index (χ2n) is 11.0. The summed E-state index contributed by atoms with van der Waals surface area (Å²) in [5, 5.41) is 5.47. The zero-order valence-electron chi connectivity index (χ0n) is 22.0. The molecular formula is C33H33N3O2. The van der Waals surface area contributed by atoms with Crippen LogP contribution < -0.4 is 4.90 Å². The first-order valence-electron chi connectivity index (χ1n) is 13.6. The Labute approximate surface area is 223 Å². The van der Waals surface area contributed by atoms with E-state index in [2.05, 4.69) is 47.6 Å². The fourth-order valence-corrected chi connectivity index (χ4v) is 6.38. The highest BCUT2D eigenvalue weighted by Crippen LogP contribution is 2.49. The first kappa shape index (κ1) is 24.4. The summed E-state index contributed by atoms with van der Waals surface area (Å²) in [6, 6.07) is 22.9. The van der Waals surface area contributed by atoms with E-state index in [4.69, 9.17) is 0 Å². The number of carbonyl (C=O) groups excluding carboxylic acids is 2. The molecule has 6 rings (SSSR count). The number of anilines is 1. The summed E-state index contributed by atoms with van der Waals surface area (Å²) >= 11 is 0. The Morgan fingerprint density at radius 3 is 2.55 bits per heavy atom. The topological polar surface area (TPSA) is 55.2 Å². The van der Waals surface area contributed by atoms with Crippen LogP contribution in [0, 0.1) is 17.8 Å². The number of rotatable bonds is 7. The van der Waals surface area contributed by atoms with E-state index < -0.39 is 0 Å². The number of fused-ring (bicyclic) bond motifs is 3. The summed E-state index contributed by atoms with van der Waals surface area (Å²) in [5.41, 5.74) is 6.30. The van der Waals surface area contributed by atoms with Crippen molar-refractivity contribution in [2.75, 3.05) is 4.90 Å². The largest absolute Gasteiger partial charge is 0.308 e. The molecule has 5 nitrogen and oxygen atoms in total. The molecule has 1 amide bonds. The molecule has 3 aromatic carbocycles. The lowest BCUT2D eigenvalue weighted by molar-refractivity contribution is -0.124. The number of amides is 1. The van der Waals surface area contributed by atoms with E-state index in [9.17, 15) is 9.59 Å². The summed E-state index contributed by atoms with van der Waals surface area (Å²) in [4.78, 5) is 27.4. The average molecular weight is 504 g/mol. The summed E-state index contributed by atoms with van der Waals surface area (Å²) in [7, 11) is 1.95. The molecule has 4 aromatic rings. The lowest BCUT2D eigenvalue weighted by Gasteiger charge is -2.30. The molecule has 2 fully saturated rings. The SMILES string of the molecule is CC(=O)/C=C/c1cccc(N(Cc2ccc(-c3ccc4c(cnn4C)c3)cc2)C(=O)[C@H]2C[C@H]3CC[C@@H]2C3)c1. The first-order valence-corrected chi connectivity index (χ1v) is 13.6. The second-order valence-corrected chi connectivity index (χ2v) is 11.0. The summed E-state index contributed by atoms with van der Waals surface area (Å²) in [6.07, 6.45) is 9.94. The van der Waals surface area contributed by atoms with Crippen molar-refractivity contribution >= 4 is 34.4 Å². The van der Waals surface area contributed by atoms with Gasteiger partial charge in [-0.25, -0.2) is 0 Å². The van der Waals surface area contributed by atoms with E-state index >= 15 is 0 Å². The molecule has 2 saturated carbocycles. The predicted molar refractivity (Wildman–Crippen MR) is 152 cm³/mol. The van der Waals surface area contributed by atoms with Crippen LogP contribution in [0.15, 0.2) is 79.0 Å². The van der Waals surface area contributed by atoms with E-state index in [0.29, 0.717) is 18.4 Å². The normalized spacial score (nSPS) is 20.4. The highest BCUT2D eigenvalue weighted by atomic mass is 16.2. The van der Waals surface area contributed by atoms with Gasteiger partial charge in [0.15, 0.2) is 5.78 Å². The van der Waals surface area contributed by atoms with Crippen molar-refractivity contribution in [1.29, 1.82) is 0 Å². The molecule has 2 aliphatic carbocycles. The third kappa shape index (κ3) is 4.81. The van der Waals surface area contributed by atoms with E-state index in [1.54, 1.807) is 13.0 Å². The van der Waals surface area contributed by atoms with Crippen LogP contribution in [0.5, 0.6) is 0 Å². The Hall–Kier alpha value is -3.99. The van der Waals surface area contributed by atoms with Gasteiger partial charge in [0, 0.05) is 24.0 Å². The molecule has 0 aliphatic heterocycles. The zero-order valence-corrected chi connectivity index (χ0v) is 22.0. The molecule has 2 bridgehead atoms. The molecular weight excluding hydrogens is 470 g/mol. The van der Waals surface area contributed by atoms with Crippen molar-refractivity contribution in [1.82, 2.24) is 9.78 Å². The van der Waals surface area contributed by atoms with E-state index in [1.807, 2.05) is 53.2 Å². The van der Waals surface area contributed by atoms with Crippen LogP contribution in [0.4, 0.5) is 5.69 Å². The maximum Gasteiger partial charge on any atom is 0.230 e. The summed E-state index contributed by atoms with van der Waals surface area (Å²) in [5.74, 6) is 1.57. The van der Waals surface area contributed by atoms with Gasteiger partial charge in [-0.15, -0.1) is 0 Å². The molecule has 192 valence electrons. The number of aromatic nitrogens is 2. The number of benzene rings is 3. The van der Waals surface area contributed by atoms with Gasteiger partial charge in [-0.1, -0.05) is 55.0 Å². The molecule has 3 atom stereocenters. The van der Waals surface area contributed by atoms with Crippen molar-refractivity contribution in [3.8, 4) is 11.1 Å². The maximum absolute atomic E-state index is 14.0. The minimum Gasteiger partial charge on any atom is -0.308 e. The lowest BCUT2D eigenvalue weighted by atomic mass is 9.87. The Kier molecular flexibility index (Phi) is 6.44. The third-order valence-electron chi connectivity index (χ3n) is 8.39. The number of nitrogens with zero attached hydrogens (tertiary/aromatic N) is 3. The van der Waals surface area contributed by atoms with Crippen molar-refractivity contribution in [3.63, 3.8) is 0 Å². The van der Waals surface area contributed by atoms with Gasteiger partial charge in [0.05, 0.1) is 18.3 Å². The van der Waals surface area contributed by atoms with Crippen molar-refractivity contribution in [2.45, 2.75) is 39.2 Å². The van der Waals surface area contributed by atoms with Gasteiger partial charge in [0.2, 0.25) is 5.91 Å². The van der Waals surface area contributed by atoms with Gasteiger partial charge < -0.3 is 4.90 Å². The number of hydrogen-bond acceptors (Lipinski definition) is 3. The average Bonchev–Trinajstić information content (AvgIpc) is 3.67. The van der Waals surface area contributed by atoms with Crippen LogP contribution in [0.3, 0.4) is 0 Å². The fraction of sp³-hybridized carbons (Fsp3) is 0.303. The number of aryl methyl sites for hydroxylation is 1. The zero-order chi connectivity index (χ0) is 26.2. The standard InChI is InChI=1S/C33H33N3O2/c1-22(37)6-7-23-4-3-5-30(17-23)36(33(38)31-18-25-10-13-28(31)16-25)21-24-8-11-26(12-9-24)27-14-15-32-29(19-27)20-34-35(32)2/h3-9,11-12,14-15,17,19-20,25,28,31H,10,13,16,18,21H2,1-2H3/b7-6+/t25-,28+,31-/m0/s1. The minimum absolute atomic E-state index is 0.00748. The van der Waals surface area contributed by atoms with Crippen LogP contribution in [-0.4, -0.2) is 21.5 Å². The van der Waals surface area contributed by atoms with Gasteiger partial charge in [-0.05, 0) is 90.6 Å². The van der Waals surface area contributed by atoms with Gasteiger partial charge >= 0.3 is 0 Å². The van der Waals surface area contributed by atoms with E-state index in [0.717, 1.165) is 45.3 Å². The Morgan fingerprint density at radius 2 is 1.82 bits per heavy atom. The molecule has 1 heterocycles. The van der Waals surface area contributed by atoms with Crippen LogP contribution in [0.1, 0.15) is 43.7 Å². The smallest absolute Gasteiger partial charge is 0.230 e. The molecule has 0 unspecified atom stereocenters. The molecule has 0 saturated heterocycles. The van der Waals surface area contributed by atoms with E-state index in [-0.39, 0.29) is 17.6 Å². The Bertz CT molecular complexity index is 1530. The lowest BCUT2D eigenvalue weighted by Crippen LogP contribution is -2.38. The van der Waals surface area contributed by atoms with Crippen molar-refractivity contribution < 1.29 is 9.59 Å². The molecule has 1 aromatic heterocycles. The van der Waals surface area contributed by atoms with Crippen LogP contribution in [0.25, 0.3) is 28.1 Å². The molecule has 2 aliphatic rings. The molecule has 5 heteroatoms. The minimum atomic E-state index is 0.00748. The highest BCUT2D eigenvalue weighted by molar-refractivity contribution is 5.96. The number of allylic oxidation sites excluding steroid dienone is 1. The number of hydrogen-bond donors (Lipinski definition) is 0. The van der Waals surface area contributed by atoms with Crippen LogP contribution in [0.2, 0.25) is 0 Å². The maximum atomic E-state index is 14.0. The number of ketones is 1. The summed E-state index contributed by atoms with van der Waals surface area (Å²) < 4.78 is 1.88. The highest BCUT2D eigenvalue weighted by Gasteiger charge is 2.44. The second kappa shape index (κ2) is 10.1. The van der Waals surface area contributed by atoms with Crippen LogP contribution in [-0.2, 0) is 23.2 Å².